The van der Waals surface area contributed by atoms with Gasteiger partial charge in [0.15, 0.2) is 0 Å². The van der Waals surface area contributed by atoms with Crippen LogP contribution in [0.25, 0.3) is 0 Å². The van der Waals surface area contributed by atoms with Crippen LogP contribution in [0.1, 0.15) is 39.5 Å². The summed E-state index contributed by atoms with van der Waals surface area (Å²) in [5, 5.41) is 9.73. The number of hydrogen-bond donors (Lipinski definition) is 1. The first-order valence-electron chi connectivity index (χ1n) is 3.68. The Labute approximate surface area is 57.1 Å². The summed E-state index contributed by atoms with van der Waals surface area (Å²) in [6, 6.07) is 0. The summed E-state index contributed by atoms with van der Waals surface area (Å²) in [6.45, 7) is 4.04. The molecule has 0 aromatic rings. The van der Waals surface area contributed by atoms with Crippen LogP contribution < -0.4 is 0 Å². The predicted octanol–water partition coefficient (Wildman–Crippen LogP) is 1.91. The molecule has 1 fully saturated rings. The largest absolute Gasteiger partial charge is 0.389 e. The molecule has 0 spiro atoms. The second-order valence-electron chi connectivity index (χ2n) is 3.24. The van der Waals surface area contributed by atoms with Crippen LogP contribution in [-0.2, 0) is 0 Å². The Bertz CT molecular complexity index is 90.7. The van der Waals surface area contributed by atoms with E-state index in [-0.39, 0.29) is 5.60 Å². The molecule has 1 heteroatoms. The minimum absolute atomic E-state index is 0.389. The van der Waals surface area contributed by atoms with Gasteiger partial charge in [0.2, 0.25) is 0 Å². The molecular weight excluding hydrogens is 112 g/mol. The van der Waals surface area contributed by atoms with Crippen molar-refractivity contribution in [1.29, 1.82) is 0 Å². The van der Waals surface area contributed by atoms with Gasteiger partial charge in [0.05, 0.1) is 5.60 Å². The Balaban J connectivity index is 2.51. The van der Waals surface area contributed by atoms with Gasteiger partial charge in [0.1, 0.15) is 0 Å². The van der Waals surface area contributed by atoms with Gasteiger partial charge in [-0.2, -0.15) is 0 Å². The van der Waals surface area contributed by atoms with Crippen LogP contribution in [0.2, 0.25) is 0 Å². The van der Waals surface area contributed by atoms with Crippen LogP contribution >= 0.6 is 0 Å². The van der Waals surface area contributed by atoms with Crippen LogP contribution in [0.3, 0.4) is 0 Å². The van der Waals surface area contributed by atoms with Crippen LogP contribution in [0.5, 0.6) is 0 Å². The summed E-state index contributed by atoms with van der Waals surface area (Å²) in [5.41, 5.74) is -0.389. The highest BCUT2D eigenvalue weighted by atomic mass is 16.3. The number of rotatable bonds is 1. The van der Waals surface area contributed by atoms with E-state index >= 15 is 0 Å². The van der Waals surface area contributed by atoms with Gasteiger partial charge >= 0.3 is 0 Å². The van der Waals surface area contributed by atoms with Crippen molar-refractivity contribution in [3.63, 3.8) is 0 Å². The smallest absolute Gasteiger partial charge is 0.0704 e. The molecular formula is C8H15O. The minimum atomic E-state index is -0.389. The van der Waals surface area contributed by atoms with Crippen molar-refractivity contribution in [3.8, 4) is 0 Å². The van der Waals surface area contributed by atoms with Crippen molar-refractivity contribution in [2.45, 2.75) is 45.1 Å². The molecule has 0 aromatic heterocycles. The predicted molar refractivity (Wildman–Crippen MR) is 38.0 cm³/mol. The van der Waals surface area contributed by atoms with Crippen molar-refractivity contribution in [1.82, 2.24) is 0 Å². The van der Waals surface area contributed by atoms with Gasteiger partial charge < -0.3 is 5.11 Å². The summed E-state index contributed by atoms with van der Waals surface area (Å²) >= 11 is 0. The van der Waals surface area contributed by atoms with E-state index in [1.54, 1.807) is 0 Å². The maximum atomic E-state index is 9.73. The number of aliphatic hydroxyl groups is 1. The van der Waals surface area contributed by atoms with E-state index < -0.39 is 0 Å². The van der Waals surface area contributed by atoms with Crippen molar-refractivity contribution >= 4 is 0 Å². The quantitative estimate of drug-likeness (QED) is 0.570. The summed E-state index contributed by atoms with van der Waals surface area (Å²) in [5.74, 6) is 1.18. The summed E-state index contributed by atoms with van der Waals surface area (Å²) in [7, 11) is 0. The topological polar surface area (TPSA) is 20.2 Å². The molecule has 9 heavy (non-hydrogen) atoms. The molecule has 53 valence electrons. The average Bonchev–Trinajstić information content (AvgIpc) is 2.16. The van der Waals surface area contributed by atoms with E-state index in [0.717, 1.165) is 12.8 Å². The van der Waals surface area contributed by atoms with Gasteiger partial charge in [-0.3, -0.25) is 0 Å². The first-order chi connectivity index (χ1) is 4.15. The van der Waals surface area contributed by atoms with Crippen molar-refractivity contribution in [3.05, 3.63) is 5.92 Å². The van der Waals surface area contributed by atoms with Gasteiger partial charge in [0.25, 0.3) is 0 Å². The van der Waals surface area contributed by atoms with Crippen LogP contribution in [0.15, 0.2) is 0 Å². The Morgan fingerprint density at radius 3 is 1.89 bits per heavy atom. The van der Waals surface area contributed by atoms with Gasteiger partial charge in [-0.05, 0) is 12.8 Å². The fourth-order valence-electron chi connectivity index (χ4n) is 1.46. The molecule has 0 bridgehead atoms. The fraction of sp³-hybridized carbons (Fsp3) is 0.875. The highest BCUT2D eigenvalue weighted by Crippen LogP contribution is 2.36. The second kappa shape index (κ2) is 2.30. The Hall–Kier alpha value is -0.0400. The monoisotopic (exact) mass is 127 g/mol. The molecule has 1 rings (SSSR count). The highest BCUT2D eigenvalue weighted by Gasteiger charge is 2.34. The Kier molecular flexibility index (Phi) is 1.80. The lowest BCUT2D eigenvalue weighted by molar-refractivity contribution is 0.0638. The van der Waals surface area contributed by atoms with Crippen LogP contribution in [0, 0.1) is 5.92 Å². The maximum absolute atomic E-state index is 9.73. The van der Waals surface area contributed by atoms with Gasteiger partial charge in [0, 0.05) is 5.92 Å². The molecule has 1 aliphatic rings. The van der Waals surface area contributed by atoms with Crippen molar-refractivity contribution in [2.24, 2.45) is 0 Å². The van der Waals surface area contributed by atoms with Crippen LogP contribution in [-0.4, -0.2) is 10.7 Å². The van der Waals surface area contributed by atoms with E-state index in [9.17, 15) is 5.11 Å². The first-order valence-corrected chi connectivity index (χ1v) is 3.68. The molecule has 1 radical (unpaired) electrons. The normalized spacial score (nSPS) is 25.3. The molecule has 0 aromatic carbocycles. The maximum Gasteiger partial charge on any atom is 0.0704 e. The standard InChI is InChI=1S/C8H15O/c1-7(2)8(9)5-3-4-6-8/h9H,3-6H2,1-2H3. The molecule has 0 aliphatic heterocycles. The van der Waals surface area contributed by atoms with E-state index in [1.807, 2.05) is 13.8 Å². The van der Waals surface area contributed by atoms with Gasteiger partial charge in [-0.1, -0.05) is 26.7 Å². The van der Waals surface area contributed by atoms with E-state index in [2.05, 4.69) is 0 Å². The van der Waals surface area contributed by atoms with Gasteiger partial charge in [-0.25, -0.2) is 0 Å². The molecule has 0 heterocycles. The lowest BCUT2D eigenvalue weighted by Gasteiger charge is -2.25. The zero-order valence-corrected chi connectivity index (χ0v) is 6.28. The Morgan fingerprint density at radius 1 is 1.22 bits per heavy atom. The molecule has 0 unspecified atom stereocenters. The molecule has 0 amide bonds. The number of hydrogen-bond acceptors (Lipinski definition) is 1. The van der Waals surface area contributed by atoms with Crippen molar-refractivity contribution in [2.75, 3.05) is 0 Å². The third kappa shape index (κ3) is 1.26. The van der Waals surface area contributed by atoms with E-state index in [4.69, 9.17) is 0 Å². The lowest BCUT2D eigenvalue weighted by atomic mass is 9.89. The molecule has 0 saturated heterocycles. The fourth-order valence-corrected chi connectivity index (χ4v) is 1.46. The first kappa shape index (κ1) is 7.07. The van der Waals surface area contributed by atoms with Crippen molar-refractivity contribution < 1.29 is 5.11 Å². The zero-order chi connectivity index (χ0) is 6.91. The summed E-state index contributed by atoms with van der Waals surface area (Å²) in [4.78, 5) is 0. The second-order valence-corrected chi connectivity index (χ2v) is 3.24. The molecule has 0 atom stereocenters. The van der Waals surface area contributed by atoms with E-state index in [1.165, 1.54) is 18.8 Å². The molecule has 1 N–H and O–H groups in total. The minimum Gasteiger partial charge on any atom is -0.389 e. The highest BCUT2D eigenvalue weighted by molar-refractivity contribution is 5.04. The molecule has 1 aliphatic carbocycles. The third-order valence-electron chi connectivity index (χ3n) is 2.36. The molecule has 1 nitrogen and oxygen atoms in total. The summed E-state index contributed by atoms with van der Waals surface area (Å²) in [6.07, 6.45) is 4.36. The SMILES string of the molecule is C[C](C)C1(O)CCCC1. The molecule has 1 saturated carbocycles. The zero-order valence-electron chi connectivity index (χ0n) is 6.28. The third-order valence-corrected chi connectivity index (χ3v) is 2.36. The van der Waals surface area contributed by atoms with Crippen LogP contribution in [0.4, 0.5) is 0 Å². The lowest BCUT2D eigenvalue weighted by Crippen LogP contribution is -2.29. The summed E-state index contributed by atoms with van der Waals surface area (Å²) < 4.78 is 0. The average molecular weight is 127 g/mol. The van der Waals surface area contributed by atoms with Gasteiger partial charge in [-0.15, -0.1) is 0 Å². The van der Waals surface area contributed by atoms with E-state index in [0.29, 0.717) is 0 Å². The Morgan fingerprint density at radius 2 is 1.67 bits per heavy atom.